The van der Waals surface area contributed by atoms with Crippen LogP contribution in [0.2, 0.25) is 0 Å². The zero-order chi connectivity index (χ0) is 19.9. The van der Waals surface area contributed by atoms with Gasteiger partial charge in [0.2, 0.25) is 0 Å². The summed E-state index contributed by atoms with van der Waals surface area (Å²) in [5, 5.41) is 0. The van der Waals surface area contributed by atoms with Crippen LogP contribution in [0.5, 0.6) is 0 Å². The van der Waals surface area contributed by atoms with Gasteiger partial charge in [-0.15, -0.1) is 0 Å². The normalized spacial score (nSPS) is 14.3. The van der Waals surface area contributed by atoms with Crippen molar-refractivity contribution in [2.24, 2.45) is 0 Å². The van der Waals surface area contributed by atoms with Gasteiger partial charge in [0, 0.05) is 13.0 Å². The van der Waals surface area contributed by atoms with Gasteiger partial charge in [-0.05, 0) is 35.4 Å². The van der Waals surface area contributed by atoms with Gasteiger partial charge in [-0.2, -0.15) is 0 Å². The van der Waals surface area contributed by atoms with Crippen LogP contribution in [0.15, 0.2) is 91.0 Å². The number of esters is 1. The van der Waals surface area contributed by atoms with Gasteiger partial charge in [-0.1, -0.05) is 91.0 Å². The maximum absolute atomic E-state index is 11.9. The smallest absolute Gasteiger partial charge is 0.303 e. The molecule has 0 radical (unpaired) electrons. The second-order valence-corrected chi connectivity index (χ2v) is 7.12. The van der Waals surface area contributed by atoms with Crippen molar-refractivity contribution in [1.29, 1.82) is 0 Å². The van der Waals surface area contributed by atoms with Gasteiger partial charge in [0.25, 0.3) is 0 Å². The number of ether oxygens (including phenoxy) is 1. The Balaban J connectivity index is 2.05. The third-order valence-electron chi connectivity index (χ3n) is 4.77. The summed E-state index contributed by atoms with van der Waals surface area (Å²) in [4.78, 5) is 11.9. The van der Waals surface area contributed by atoms with Crippen LogP contribution in [-0.4, -0.2) is 10.4 Å². The molecule has 0 N–H and O–H groups in total. The van der Waals surface area contributed by atoms with Gasteiger partial charge in [0.1, 0.15) is 6.10 Å². The van der Waals surface area contributed by atoms with E-state index < -0.39 is 6.10 Å². The number of nitrogens with zero attached hydrogens (tertiary/aromatic N) is 1. The number of hydrogen-bond donors (Lipinski definition) is 0. The molecule has 0 amide bonds. The Labute approximate surface area is 171 Å². The average Bonchev–Trinajstić information content (AvgIpc) is 2.74. The van der Waals surface area contributed by atoms with E-state index in [0.717, 1.165) is 16.7 Å². The van der Waals surface area contributed by atoms with E-state index in [9.17, 15) is 4.79 Å². The number of halogens is 1. The van der Waals surface area contributed by atoms with Gasteiger partial charge in [-0.3, -0.25) is 4.79 Å². The van der Waals surface area contributed by atoms with Crippen LogP contribution in [-0.2, 0) is 9.53 Å². The molecule has 0 fully saturated rings. The van der Waals surface area contributed by atoms with Gasteiger partial charge in [-0.25, -0.2) is 4.42 Å². The molecule has 3 nitrogen and oxygen atoms in total. The van der Waals surface area contributed by atoms with Gasteiger partial charge >= 0.3 is 5.97 Å². The first-order valence-electron chi connectivity index (χ1n) is 9.34. The van der Waals surface area contributed by atoms with Crippen molar-refractivity contribution in [3.8, 4) is 0 Å². The van der Waals surface area contributed by atoms with Gasteiger partial charge < -0.3 is 4.74 Å². The first-order valence-corrected chi connectivity index (χ1v) is 9.68. The number of carbonyl (C=O) groups is 1. The zero-order valence-corrected chi connectivity index (χ0v) is 16.8. The molecule has 0 saturated heterocycles. The molecule has 3 aromatic rings. The molecule has 3 atom stereocenters. The molecule has 0 saturated carbocycles. The lowest BCUT2D eigenvalue weighted by molar-refractivity contribution is -0.150. The van der Waals surface area contributed by atoms with Crippen LogP contribution >= 0.6 is 11.8 Å². The Morgan fingerprint density at radius 1 is 0.786 bits per heavy atom. The molecule has 0 aromatic heterocycles. The van der Waals surface area contributed by atoms with Crippen molar-refractivity contribution < 1.29 is 9.53 Å². The van der Waals surface area contributed by atoms with Crippen LogP contribution in [0, 0.1) is 0 Å². The van der Waals surface area contributed by atoms with Gasteiger partial charge in [0.05, 0.1) is 6.04 Å². The van der Waals surface area contributed by atoms with Crippen molar-refractivity contribution in [3.05, 3.63) is 108 Å². The maximum atomic E-state index is 11.9. The van der Waals surface area contributed by atoms with E-state index in [1.165, 1.54) is 6.92 Å². The van der Waals surface area contributed by atoms with E-state index in [0.29, 0.717) is 0 Å². The molecule has 0 unspecified atom stereocenters. The lowest BCUT2D eigenvalue weighted by atomic mass is 9.94. The average molecular weight is 394 g/mol. The highest BCUT2D eigenvalue weighted by Gasteiger charge is 2.35. The number of benzene rings is 3. The summed E-state index contributed by atoms with van der Waals surface area (Å²) in [6, 6.07) is 29.3. The summed E-state index contributed by atoms with van der Waals surface area (Å²) in [6.45, 7) is 3.48. The van der Waals surface area contributed by atoms with Gasteiger partial charge in [0.15, 0.2) is 0 Å². The molecule has 0 aliphatic rings. The van der Waals surface area contributed by atoms with Crippen molar-refractivity contribution >= 4 is 17.7 Å². The third-order valence-corrected chi connectivity index (χ3v) is 5.27. The minimum Gasteiger partial charge on any atom is -0.456 e. The highest BCUT2D eigenvalue weighted by atomic mass is 35.5. The summed E-state index contributed by atoms with van der Waals surface area (Å²) in [6.07, 6.45) is -0.537. The molecule has 0 aliphatic heterocycles. The zero-order valence-electron chi connectivity index (χ0n) is 16.0. The fourth-order valence-corrected chi connectivity index (χ4v) is 3.68. The molecular weight excluding hydrogens is 370 g/mol. The molecule has 0 bridgehead atoms. The van der Waals surface area contributed by atoms with Crippen molar-refractivity contribution in [2.45, 2.75) is 32.0 Å². The highest BCUT2D eigenvalue weighted by molar-refractivity contribution is 6.13. The molecule has 0 heterocycles. The summed E-state index contributed by atoms with van der Waals surface area (Å²) < 4.78 is 7.55. The Bertz CT molecular complexity index is 871. The molecule has 144 valence electrons. The molecule has 0 spiro atoms. The molecule has 3 aromatic carbocycles. The minimum absolute atomic E-state index is 0.0881. The van der Waals surface area contributed by atoms with E-state index in [2.05, 4.69) is 0 Å². The van der Waals surface area contributed by atoms with E-state index in [4.69, 9.17) is 16.5 Å². The molecule has 3 rings (SSSR count). The standard InChI is InChI=1S/C24H24ClNO2/c1-18(20-12-6-3-7-13-20)26(25)23(21-14-8-4-9-15-21)24(28-19(2)27)22-16-10-5-11-17-22/h3-18,23-24H,1-2H3/t18-,23-,24+/m0/s1. The Kier molecular flexibility index (Phi) is 6.85. The van der Waals surface area contributed by atoms with Crippen LogP contribution in [0.3, 0.4) is 0 Å². The lowest BCUT2D eigenvalue weighted by Crippen LogP contribution is -2.30. The number of rotatable bonds is 7. The van der Waals surface area contributed by atoms with E-state index in [-0.39, 0.29) is 18.1 Å². The molecule has 28 heavy (non-hydrogen) atoms. The Morgan fingerprint density at radius 3 is 1.68 bits per heavy atom. The first kappa shape index (κ1) is 20.1. The molecule has 4 heteroatoms. The monoisotopic (exact) mass is 393 g/mol. The minimum atomic E-state index is -0.537. The third kappa shape index (κ3) is 4.80. The second kappa shape index (κ2) is 9.54. The first-order chi connectivity index (χ1) is 13.6. The van der Waals surface area contributed by atoms with Crippen LogP contribution in [0.4, 0.5) is 0 Å². The lowest BCUT2D eigenvalue weighted by Gasteiger charge is -2.36. The second-order valence-electron chi connectivity index (χ2n) is 6.73. The van der Waals surface area contributed by atoms with Crippen molar-refractivity contribution in [2.75, 3.05) is 0 Å². The molecule has 0 aliphatic carbocycles. The van der Waals surface area contributed by atoms with Crippen LogP contribution in [0.25, 0.3) is 0 Å². The van der Waals surface area contributed by atoms with E-state index in [1.807, 2.05) is 97.9 Å². The topological polar surface area (TPSA) is 29.5 Å². The number of hydrogen-bond acceptors (Lipinski definition) is 3. The fourth-order valence-electron chi connectivity index (χ4n) is 3.35. The van der Waals surface area contributed by atoms with E-state index >= 15 is 0 Å². The van der Waals surface area contributed by atoms with E-state index in [1.54, 1.807) is 4.42 Å². The largest absolute Gasteiger partial charge is 0.456 e. The quantitative estimate of drug-likeness (QED) is 0.351. The summed E-state index contributed by atoms with van der Waals surface area (Å²) in [5.74, 6) is -0.341. The predicted molar refractivity (Wildman–Crippen MR) is 113 cm³/mol. The van der Waals surface area contributed by atoms with Crippen molar-refractivity contribution in [1.82, 2.24) is 4.42 Å². The van der Waals surface area contributed by atoms with Crippen LogP contribution in [0.1, 0.15) is 48.7 Å². The maximum Gasteiger partial charge on any atom is 0.303 e. The predicted octanol–water partition coefficient (Wildman–Crippen LogP) is 6.25. The Morgan fingerprint density at radius 2 is 1.21 bits per heavy atom. The van der Waals surface area contributed by atoms with Crippen molar-refractivity contribution in [3.63, 3.8) is 0 Å². The summed E-state index contributed by atoms with van der Waals surface area (Å²) in [7, 11) is 0. The fraction of sp³-hybridized carbons (Fsp3) is 0.208. The number of carbonyl (C=O) groups excluding carboxylic acids is 1. The highest BCUT2D eigenvalue weighted by Crippen LogP contribution is 2.42. The van der Waals surface area contributed by atoms with Crippen LogP contribution < -0.4 is 0 Å². The Hall–Kier alpha value is -2.62. The molecular formula is C24H24ClNO2. The summed E-state index contributed by atoms with van der Waals surface area (Å²) >= 11 is 6.94. The summed E-state index contributed by atoms with van der Waals surface area (Å²) in [5.41, 5.74) is 2.97. The SMILES string of the molecule is CC(=O)O[C@H](c1ccccc1)[C@H](c1ccccc1)N(Cl)[C@@H](C)c1ccccc1.